The van der Waals surface area contributed by atoms with Gasteiger partial charge in [0.05, 0.1) is 11.9 Å². The minimum Gasteiger partial charge on any atom is -0.327 e. The van der Waals surface area contributed by atoms with Gasteiger partial charge in [0.2, 0.25) is 15.8 Å². The average molecular weight is 427 g/mol. The molecule has 0 radical (unpaired) electrons. The van der Waals surface area contributed by atoms with E-state index in [1.54, 1.807) is 0 Å². The van der Waals surface area contributed by atoms with Gasteiger partial charge in [0, 0.05) is 20.5 Å². The Hall–Kier alpha value is -2.76. The van der Waals surface area contributed by atoms with Crippen molar-refractivity contribution < 1.29 is 13.2 Å². The largest absolute Gasteiger partial charge is 0.327 e. The number of imidazole rings is 1. The van der Waals surface area contributed by atoms with E-state index in [0.29, 0.717) is 6.42 Å². The lowest BCUT2D eigenvalue weighted by atomic mass is 9.88. The van der Waals surface area contributed by atoms with Crippen LogP contribution in [0.1, 0.15) is 58.7 Å². The first-order valence-corrected chi connectivity index (χ1v) is 11.6. The Kier molecular flexibility index (Phi) is 6.85. The summed E-state index contributed by atoms with van der Waals surface area (Å²) in [5, 5.41) is 8.92. The number of carbonyl (C=O) groups excluding carboxylic acids is 1. The second-order valence-electron chi connectivity index (χ2n) is 7.67. The molecule has 0 saturated carbocycles. The molecule has 8 heteroatoms. The highest BCUT2D eigenvalue weighted by Crippen LogP contribution is 2.30. The predicted octanol–water partition coefficient (Wildman–Crippen LogP) is 3.10. The molecule has 30 heavy (non-hydrogen) atoms. The van der Waals surface area contributed by atoms with Gasteiger partial charge in [-0.3, -0.25) is 4.79 Å². The van der Waals surface area contributed by atoms with Crippen molar-refractivity contribution in [2.24, 2.45) is 0 Å². The molecule has 0 spiro atoms. The van der Waals surface area contributed by atoms with Crippen molar-refractivity contribution in [3.05, 3.63) is 58.7 Å². The maximum atomic E-state index is 12.7. The fourth-order valence-corrected chi connectivity index (χ4v) is 4.38. The van der Waals surface area contributed by atoms with Gasteiger partial charge in [-0.15, -0.1) is 0 Å². The quantitative estimate of drug-likeness (QED) is 0.653. The number of H-pyrrole nitrogens is 1. The molecular weight excluding hydrogens is 400 g/mol. The molecule has 0 fully saturated rings. The Bertz CT molecular complexity index is 1110. The summed E-state index contributed by atoms with van der Waals surface area (Å²) in [6, 6.07) is 7.76. The van der Waals surface area contributed by atoms with Gasteiger partial charge in [0.25, 0.3) is 0 Å². The molecule has 3 rings (SSSR count). The normalized spacial score (nSPS) is 14.4. The fraction of sp³-hybridized carbons (Fsp3) is 0.409. The van der Waals surface area contributed by atoms with Crippen molar-refractivity contribution in [2.45, 2.75) is 38.5 Å². The summed E-state index contributed by atoms with van der Waals surface area (Å²) in [5.41, 5.74) is 4.30. The summed E-state index contributed by atoms with van der Waals surface area (Å²) in [6.45, 7) is 0. The molecule has 0 atom stereocenters. The highest BCUT2D eigenvalue weighted by Gasteiger charge is 2.18. The lowest BCUT2D eigenvalue weighted by Gasteiger charge is -2.18. The molecule has 0 saturated heterocycles. The maximum absolute atomic E-state index is 12.7. The first-order chi connectivity index (χ1) is 14.3. The third-order valence-electron chi connectivity index (χ3n) is 5.33. The molecule has 1 aliphatic rings. The molecule has 0 amide bonds. The zero-order valence-electron chi connectivity index (χ0n) is 17.3. The molecule has 1 aromatic heterocycles. The Morgan fingerprint density at radius 2 is 2.10 bits per heavy atom. The van der Waals surface area contributed by atoms with Crippen molar-refractivity contribution in [1.29, 1.82) is 5.26 Å². The van der Waals surface area contributed by atoms with Gasteiger partial charge in [-0.05, 0) is 54.4 Å². The summed E-state index contributed by atoms with van der Waals surface area (Å²) in [6.07, 6.45) is 8.36. The molecule has 7 nitrogen and oxygen atoms in total. The number of nitriles is 1. The highest BCUT2D eigenvalue weighted by atomic mass is 32.2. The number of rotatable bonds is 8. The number of sulfonamides is 1. The number of aryl methyl sites for hydroxylation is 1. The SMILES string of the molecule is CN(C)S(=O)(=O)CCc1ccc(CC(=O)c2ncc(C#N)[nH]2)c(C2=CCCCC2)c1. The number of ketones is 1. The summed E-state index contributed by atoms with van der Waals surface area (Å²) < 4.78 is 25.5. The van der Waals surface area contributed by atoms with Crippen molar-refractivity contribution in [1.82, 2.24) is 14.3 Å². The second-order valence-corrected chi connectivity index (χ2v) is 9.97. The number of hydrogen-bond acceptors (Lipinski definition) is 5. The van der Waals surface area contributed by atoms with Gasteiger partial charge < -0.3 is 4.98 Å². The molecule has 1 aromatic carbocycles. The molecule has 1 aliphatic carbocycles. The van der Waals surface area contributed by atoms with E-state index < -0.39 is 10.0 Å². The minimum atomic E-state index is -3.27. The highest BCUT2D eigenvalue weighted by molar-refractivity contribution is 7.89. The van der Waals surface area contributed by atoms with Gasteiger partial charge in [-0.2, -0.15) is 5.26 Å². The van der Waals surface area contributed by atoms with Crippen LogP contribution >= 0.6 is 0 Å². The van der Waals surface area contributed by atoms with Gasteiger partial charge in [0.1, 0.15) is 11.8 Å². The molecule has 0 unspecified atom stereocenters. The molecule has 1 heterocycles. The van der Waals surface area contributed by atoms with Crippen LogP contribution in [0.4, 0.5) is 0 Å². The van der Waals surface area contributed by atoms with E-state index in [1.165, 1.54) is 30.2 Å². The van der Waals surface area contributed by atoms with Crippen LogP contribution in [0.15, 0.2) is 30.5 Å². The topological polar surface area (TPSA) is 107 Å². The number of carbonyl (C=O) groups is 1. The number of aromatic nitrogens is 2. The van der Waals surface area contributed by atoms with Gasteiger partial charge >= 0.3 is 0 Å². The third-order valence-corrected chi connectivity index (χ3v) is 7.16. The Morgan fingerprint density at radius 3 is 2.73 bits per heavy atom. The number of nitrogens with one attached hydrogen (secondary N) is 1. The van der Waals surface area contributed by atoms with Crippen molar-refractivity contribution in [2.75, 3.05) is 19.8 Å². The van der Waals surface area contributed by atoms with Crippen LogP contribution in [-0.2, 0) is 22.9 Å². The van der Waals surface area contributed by atoms with Crippen LogP contribution in [0.5, 0.6) is 0 Å². The smallest absolute Gasteiger partial charge is 0.213 e. The van der Waals surface area contributed by atoms with Crippen molar-refractivity contribution in [3.8, 4) is 6.07 Å². The standard InChI is InChI=1S/C22H26N4O3S/c1-26(2)30(28,29)11-10-16-8-9-18(20(12-16)17-6-4-3-5-7-17)13-21(27)22-24-15-19(14-23)25-22/h6,8-9,12,15H,3-5,7,10-11,13H2,1-2H3,(H,24,25). The summed E-state index contributed by atoms with van der Waals surface area (Å²) >= 11 is 0. The van der Waals surface area contributed by atoms with E-state index in [9.17, 15) is 13.2 Å². The van der Waals surface area contributed by atoms with Crippen LogP contribution < -0.4 is 0 Å². The van der Waals surface area contributed by atoms with Crippen LogP contribution in [-0.4, -0.2) is 48.3 Å². The van der Waals surface area contributed by atoms with E-state index >= 15 is 0 Å². The summed E-state index contributed by atoms with van der Waals surface area (Å²) in [7, 11) is -0.201. The molecule has 0 aliphatic heterocycles. The van der Waals surface area contributed by atoms with E-state index in [0.717, 1.165) is 42.4 Å². The van der Waals surface area contributed by atoms with Gasteiger partial charge in [-0.1, -0.05) is 24.3 Å². The minimum absolute atomic E-state index is 0.0418. The number of allylic oxidation sites excluding steroid dienone is 2. The third kappa shape index (κ3) is 5.23. The maximum Gasteiger partial charge on any atom is 0.213 e. The fourth-order valence-electron chi connectivity index (χ4n) is 3.52. The van der Waals surface area contributed by atoms with Gasteiger partial charge in [0.15, 0.2) is 5.82 Å². The zero-order valence-corrected chi connectivity index (χ0v) is 18.1. The number of nitrogens with zero attached hydrogens (tertiary/aromatic N) is 3. The lowest BCUT2D eigenvalue weighted by molar-refractivity contribution is 0.0984. The van der Waals surface area contributed by atoms with Crippen LogP contribution in [0.25, 0.3) is 5.57 Å². The Labute approximate surface area is 177 Å². The van der Waals surface area contributed by atoms with E-state index in [2.05, 4.69) is 16.0 Å². The van der Waals surface area contributed by atoms with Crippen LogP contribution in [0, 0.1) is 11.3 Å². The summed E-state index contributed by atoms with van der Waals surface area (Å²) in [5.74, 6) is 0.0356. The first-order valence-electron chi connectivity index (χ1n) is 10.00. The Balaban J connectivity index is 1.87. The van der Waals surface area contributed by atoms with E-state index in [1.807, 2.05) is 24.3 Å². The molecule has 0 bridgehead atoms. The molecule has 158 valence electrons. The zero-order chi connectivity index (χ0) is 21.7. The van der Waals surface area contributed by atoms with E-state index in [4.69, 9.17) is 5.26 Å². The molecular formula is C22H26N4O3S. The molecule has 2 aromatic rings. The monoisotopic (exact) mass is 426 g/mol. The lowest BCUT2D eigenvalue weighted by Crippen LogP contribution is -2.26. The van der Waals surface area contributed by atoms with Crippen molar-refractivity contribution >= 4 is 21.4 Å². The number of Topliss-reactive ketones (excluding diaryl/α,β-unsaturated/α-hetero) is 1. The van der Waals surface area contributed by atoms with Gasteiger partial charge in [-0.25, -0.2) is 17.7 Å². The summed E-state index contributed by atoms with van der Waals surface area (Å²) in [4.78, 5) is 19.4. The average Bonchev–Trinajstić information content (AvgIpc) is 3.23. The van der Waals surface area contributed by atoms with E-state index in [-0.39, 0.29) is 29.5 Å². The number of benzene rings is 1. The number of hydrogen-bond donors (Lipinski definition) is 1. The first kappa shape index (κ1) is 21.9. The Morgan fingerprint density at radius 1 is 1.30 bits per heavy atom. The predicted molar refractivity (Wildman–Crippen MR) is 115 cm³/mol. The second kappa shape index (κ2) is 9.37. The van der Waals surface area contributed by atoms with Crippen LogP contribution in [0.3, 0.4) is 0 Å². The van der Waals surface area contributed by atoms with Crippen molar-refractivity contribution in [3.63, 3.8) is 0 Å². The van der Waals surface area contributed by atoms with Crippen LogP contribution in [0.2, 0.25) is 0 Å². The number of aromatic amines is 1. The molecule has 1 N–H and O–H groups in total.